The standard InChI is InChI=1S/C16H17F2N5OS.ClH/c1-21(2)6-7-23(15(24)12-4-5-19-22(12)3)16-20-14-11(18)8-10(17)9-13(14)25-16;/h4-5,8-9H,6-7H2,1-3H3;1H. The second kappa shape index (κ2) is 8.07. The number of carbonyl (C=O) groups is 1. The maximum atomic E-state index is 14.0. The lowest BCUT2D eigenvalue weighted by molar-refractivity contribution is 0.0976. The molecule has 0 saturated carbocycles. The van der Waals surface area contributed by atoms with Gasteiger partial charge in [0, 0.05) is 32.4 Å². The van der Waals surface area contributed by atoms with Gasteiger partial charge in [-0.15, -0.1) is 12.4 Å². The number of aromatic nitrogens is 3. The zero-order chi connectivity index (χ0) is 18.1. The van der Waals surface area contributed by atoms with E-state index in [0.29, 0.717) is 28.6 Å². The highest BCUT2D eigenvalue weighted by Gasteiger charge is 2.24. The second-order valence-corrected chi connectivity index (χ2v) is 6.84. The van der Waals surface area contributed by atoms with Crippen LogP contribution in [-0.4, -0.2) is 52.8 Å². The Kier molecular flexibility index (Phi) is 6.27. The lowest BCUT2D eigenvalue weighted by Crippen LogP contribution is -2.37. The molecule has 3 rings (SSSR count). The number of anilines is 1. The second-order valence-electron chi connectivity index (χ2n) is 5.83. The molecule has 2 heterocycles. The topological polar surface area (TPSA) is 54.3 Å². The summed E-state index contributed by atoms with van der Waals surface area (Å²) in [6.07, 6.45) is 1.53. The summed E-state index contributed by atoms with van der Waals surface area (Å²) >= 11 is 1.08. The summed E-state index contributed by atoms with van der Waals surface area (Å²) in [7, 11) is 5.45. The number of halogens is 3. The molecule has 0 fully saturated rings. The monoisotopic (exact) mass is 401 g/mol. The van der Waals surface area contributed by atoms with E-state index in [-0.39, 0.29) is 23.8 Å². The molecular weight excluding hydrogens is 384 g/mol. The van der Waals surface area contributed by atoms with Crippen molar-refractivity contribution in [3.8, 4) is 0 Å². The van der Waals surface area contributed by atoms with Gasteiger partial charge in [-0.25, -0.2) is 13.8 Å². The normalized spacial score (nSPS) is 11.0. The highest BCUT2D eigenvalue weighted by Crippen LogP contribution is 2.31. The van der Waals surface area contributed by atoms with Crippen LogP contribution in [0, 0.1) is 11.6 Å². The zero-order valence-electron chi connectivity index (χ0n) is 14.4. The van der Waals surface area contributed by atoms with Crippen LogP contribution >= 0.6 is 23.7 Å². The molecule has 140 valence electrons. The highest BCUT2D eigenvalue weighted by molar-refractivity contribution is 7.22. The Morgan fingerprint density at radius 2 is 2.00 bits per heavy atom. The van der Waals surface area contributed by atoms with Crippen molar-refractivity contribution in [1.82, 2.24) is 19.7 Å². The summed E-state index contributed by atoms with van der Waals surface area (Å²) in [5.41, 5.74) is 0.457. The van der Waals surface area contributed by atoms with Crippen LogP contribution in [0.1, 0.15) is 10.5 Å². The van der Waals surface area contributed by atoms with Crippen LogP contribution in [-0.2, 0) is 7.05 Å². The molecule has 0 atom stereocenters. The molecule has 0 unspecified atom stereocenters. The summed E-state index contributed by atoms with van der Waals surface area (Å²) in [5.74, 6) is -1.70. The van der Waals surface area contributed by atoms with E-state index in [0.717, 1.165) is 17.4 Å². The Labute approximate surface area is 159 Å². The van der Waals surface area contributed by atoms with E-state index >= 15 is 0 Å². The average Bonchev–Trinajstić information content (AvgIpc) is 3.13. The summed E-state index contributed by atoms with van der Waals surface area (Å²) in [5, 5.41) is 4.34. The first-order valence-corrected chi connectivity index (χ1v) is 8.38. The molecule has 0 aliphatic carbocycles. The third-order valence-corrected chi connectivity index (χ3v) is 4.71. The Morgan fingerprint density at radius 1 is 1.27 bits per heavy atom. The van der Waals surface area contributed by atoms with E-state index in [2.05, 4.69) is 10.1 Å². The lowest BCUT2D eigenvalue weighted by atomic mass is 10.3. The minimum Gasteiger partial charge on any atom is -0.308 e. The fraction of sp³-hybridized carbons (Fsp3) is 0.312. The summed E-state index contributed by atoms with van der Waals surface area (Å²) in [6.45, 7) is 0.956. The minimum absolute atomic E-state index is 0. The van der Waals surface area contributed by atoms with Gasteiger partial charge in [0.05, 0.1) is 4.70 Å². The van der Waals surface area contributed by atoms with Gasteiger partial charge < -0.3 is 4.90 Å². The predicted octanol–water partition coefficient (Wildman–Crippen LogP) is 2.94. The van der Waals surface area contributed by atoms with Gasteiger partial charge in [0.2, 0.25) is 0 Å². The van der Waals surface area contributed by atoms with E-state index in [4.69, 9.17) is 0 Å². The fourth-order valence-corrected chi connectivity index (χ4v) is 3.40. The molecule has 0 aliphatic rings. The molecule has 0 radical (unpaired) electrons. The fourth-order valence-electron chi connectivity index (χ4n) is 2.37. The number of nitrogens with zero attached hydrogens (tertiary/aromatic N) is 5. The van der Waals surface area contributed by atoms with Gasteiger partial charge in [-0.3, -0.25) is 14.4 Å². The molecule has 26 heavy (non-hydrogen) atoms. The predicted molar refractivity (Wildman–Crippen MR) is 100 cm³/mol. The number of benzene rings is 1. The Hall–Kier alpha value is -2.10. The van der Waals surface area contributed by atoms with E-state index in [1.54, 1.807) is 13.1 Å². The van der Waals surface area contributed by atoms with Crippen LogP contribution in [0.25, 0.3) is 10.2 Å². The molecule has 1 amide bonds. The summed E-state index contributed by atoms with van der Waals surface area (Å²) in [4.78, 5) is 20.5. The number of likely N-dealkylation sites (N-methyl/N-ethyl adjacent to an activating group) is 1. The maximum absolute atomic E-state index is 14.0. The first kappa shape index (κ1) is 20.2. The number of fused-ring (bicyclic) bond motifs is 1. The van der Waals surface area contributed by atoms with Crippen molar-refractivity contribution >= 4 is 45.0 Å². The van der Waals surface area contributed by atoms with Gasteiger partial charge >= 0.3 is 0 Å². The van der Waals surface area contributed by atoms with E-state index < -0.39 is 11.6 Å². The van der Waals surface area contributed by atoms with Gasteiger partial charge in [-0.05, 0) is 26.2 Å². The number of aryl methyl sites for hydroxylation is 1. The van der Waals surface area contributed by atoms with E-state index in [1.165, 1.54) is 21.8 Å². The van der Waals surface area contributed by atoms with Crippen molar-refractivity contribution in [1.29, 1.82) is 0 Å². The van der Waals surface area contributed by atoms with Crippen molar-refractivity contribution in [2.24, 2.45) is 7.05 Å². The van der Waals surface area contributed by atoms with Gasteiger partial charge in [-0.2, -0.15) is 5.10 Å². The average molecular weight is 402 g/mol. The number of rotatable bonds is 5. The summed E-state index contributed by atoms with van der Waals surface area (Å²) in [6, 6.07) is 3.62. The van der Waals surface area contributed by atoms with Crippen LogP contribution in [0.4, 0.5) is 13.9 Å². The number of carbonyl (C=O) groups excluding carboxylic acids is 1. The van der Waals surface area contributed by atoms with E-state index in [1.807, 2.05) is 19.0 Å². The van der Waals surface area contributed by atoms with Crippen LogP contribution in [0.5, 0.6) is 0 Å². The van der Waals surface area contributed by atoms with E-state index in [9.17, 15) is 13.6 Å². The van der Waals surface area contributed by atoms with Crippen molar-refractivity contribution in [2.75, 3.05) is 32.1 Å². The van der Waals surface area contributed by atoms with Gasteiger partial charge in [0.15, 0.2) is 10.9 Å². The Morgan fingerprint density at radius 3 is 2.62 bits per heavy atom. The first-order chi connectivity index (χ1) is 11.9. The largest absolute Gasteiger partial charge is 0.308 e. The molecule has 6 nitrogen and oxygen atoms in total. The van der Waals surface area contributed by atoms with Crippen molar-refractivity contribution < 1.29 is 13.6 Å². The van der Waals surface area contributed by atoms with Gasteiger partial charge in [0.25, 0.3) is 5.91 Å². The minimum atomic E-state index is -0.738. The van der Waals surface area contributed by atoms with Gasteiger partial charge in [-0.1, -0.05) is 11.3 Å². The Bertz CT molecular complexity index is 927. The summed E-state index contributed by atoms with van der Waals surface area (Å²) < 4.78 is 29.2. The molecule has 2 aromatic heterocycles. The molecule has 0 N–H and O–H groups in total. The SMILES string of the molecule is CN(C)CCN(C(=O)c1ccnn1C)c1nc2c(F)cc(F)cc2s1.Cl. The third kappa shape index (κ3) is 4.00. The molecule has 0 bridgehead atoms. The quantitative estimate of drug-likeness (QED) is 0.659. The number of hydrogen-bond donors (Lipinski definition) is 0. The van der Waals surface area contributed by atoms with Crippen LogP contribution in [0.15, 0.2) is 24.4 Å². The van der Waals surface area contributed by atoms with Crippen molar-refractivity contribution in [3.63, 3.8) is 0 Å². The third-order valence-electron chi connectivity index (χ3n) is 3.69. The highest BCUT2D eigenvalue weighted by atomic mass is 35.5. The maximum Gasteiger partial charge on any atom is 0.278 e. The Balaban J connectivity index is 0.00000243. The molecule has 0 saturated heterocycles. The lowest BCUT2D eigenvalue weighted by Gasteiger charge is -2.21. The molecular formula is C16H18ClF2N5OS. The smallest absolute Gasteiger partial charge is 0.278 e. The molecule has 3 aromatic rings. The van der Waals surface area contributed by atoms with Crippen molar-refractivity contribution in [2.45, 2.75) is 0 Å². The number of hydrogen-bond acceptors (Lipinski definition) is 5. The van der Waals surface area contributed by atoms with Crippen LogP contribution in [0.3, 0.4) is 0 Å². The van der Waals surface area contributed by atoms with Crippen LogP contribution in [0.2, 0.25) is 0 Å². The van der Waals surface area contributed by atoms with Crippen molar-refractivity contribution in [3.05, 3.63) is 41.7 Å². The molecule has 0 spiro atoms. The van der Waals surface area contributed by atoms with Gasteiger partial charge in [0.1, 0.15) is 17.0 Å². The molecule has 1 aromatic carbocycles. The zero-order valence-corrected chi connectivity index (χ0v) is 16.1. The first-order valence-electron chi connectivity index (χ1n) is 7.57. The molecule has 0 aliphatic heterocycles. The number of thiazole rings is 1. The number of amides is 1. The molecule has 10 heteroatoms. The van der Waals surface area contributed by atoms with Crippen LogP contribution < -0.4 is 4.90 Å².